The molecule has 1 aromatic heterocycles. The summed E-state index contributed by atoms with van der Waals surface area (Å²) in [6.07, 6.45) is 6.05. The van der Waals surface area contributed by atoms with E-state index in [0.717, 1.165) is 0 Å². The van der Waals surface area contributed by atoms with Gasteiger partial charge in [-0.1, -0.05) is 0 Å². The summed E-state index contributed by atoms with van der Waals surface area (Å²) in [5, 5.41) is 0. The molecular formula is C11H17N3. The first-order valence-electron chi connectivity index (χ1n) is 5.22. The van der Waals surface area contributed by atoms with E-state index in [2.05, 4.69) is 28.8 Å². The number of nitrogens with zero attached hydrogens (tertiary/aromatic N) is 3. The number of aromatic nitrogens is 2. The minimum Gasteiger partial charge on any atom is -0.306 e. The first kappa shape index (κ1) is 9.59. The summed E-state index contributed by atoms with van der Waals surface area (Å²) < 4.78 is 0. The zero-order chi connectivity index (χ0) is 9.97. The van der Waals surface area contributed by atoms with Gasteiger partial charge in [-0.3, -0.25) is 0 Å². The lowest BCUT2D eigenvalue weighted by Crippen LogP contribution is -2.29. The van der Waals surface area contributed by atoms with Gasteiger partial charge >= 0.3 is 0 Å². The number of hydrogen-bond donors (Lipinski definition) is 0. The van der Waals surface area contributed by atoms with Crippen molar-refractivity contribution in [1.29, 1.82) is 0 Å². The van der Waals surface area contributed by atoms with Gasteiger partial charge in [-0.05, 0) is 45.5 Å². The summed E-state index contributed by atoms with van der Waals surface area (Å²) in [7, 11) is 2.18. The molecule has 1 aliphatic rings. The van der Waals surface area contributed by atoms with Gasteiger partial charge in [-0.2, -0.15) is 0 Å². The molecule has 0 spiro atoms. The van der Waals surface area contributed by atoms with Crippen molar-refractivity contribution in [3.8, 4) is 0 Å². The van der Waals surface area contributed by atoms with E-state index >= 15 is 0 Å². The Kier molecular flexibility index (Phi) is 2.77. The number of hydrogen-bond acceptors (Lipinski definition) is 3. The van der Waals surface area contributed by atoms with Crippen molar-refractivity contribution in [2.75, 3.05) is 20.1 Å². The molecule has 3 nitrogen and oxygen atoms in total. The summed E-state index contributed by atoms with van der Waals surface area (Å²) in [5.41, 5.74) is 2.50. The van der Waals surface area contributed by atoms with E-state index in [0.29, 0.717) is 5.92 Å². The molecule has 0 N–H and O–H groups in total. The Morgan fingerprint density at radius 3 is 2.71 bits per heavy atom. The van der Waals surface area contributed by atoms with Crippen molar-refractivity contribution in [3.05, 3.63) is 23.8 Å². The van der Waals surface area contributed by atoms with E-state index in [9.17, 15) is 0 Å². The van der Waals surface area contributed by atoms with Gasteiger partial charge in [0.1, 0.15) is 6.33 Å². The molecule has 2 rings (SSSR count). The second kappa shape index (κ2) is 4.05. The lowest BCUT2D eigenvalue weighted by Gasteiger charge is -2.29. The lowest BCUT2D eigenvalue weighted by molar-refractivity contribution is 0.253. The van der Waals surface area contributed by atoms with Crippen molar-refractivity contribution < 1.29 is 0 Å². The van der Waals surface area contributed by atoms with Crippen molar-refractivity contribution >= 4 is 0 Å². The fraction of sp³-hybridized carbons (Fsp3) is 0.636. The highest BCUT2D eigenvalue weighted by atomic mass is 15.1. The largest absolute Gasteiger partial charge is 0.306 e. The van der Waals surface area contributed by atoms with Crippen LogP contribution >= 0.6 is 0 Å². The van der Waals surface area contributed by atoms with Crippen LogP contribution in [0.1, 0.15) is 30.0 Å². The van der Waals surface area contributed by atoms with Crippen LogP contribution in [-0.4, -0.2) is 35.0 Å². The number of piperidine rings is 1. The van der Waals surface area contributed by atoms with Gasteiger partial charge in [0.05, 0.1) is 0 Å². The molecule has 1 aromatic rings. The molecule has 1 saturated heterocycles. The normalized spacial score (nSPS) is 19.9. The van der Waals surface area contributed by atoms with Crippen LogP contribution < -0.4 is 0 Å². The third kappa shape index (κ3) is 1.93. The average Bonchev–Trinajstić information content (AvgIpc) is 2.20. The Morgan fingerprint density at radius 2 is 2.07 bits per heavy atom. The van der Waals surface area contributed by atoms with Crippen molar-refractivity contribution in [2.45, 2.75) is 25.7 Å². The fourth-order valence-corrected chi connectivity index (χ4v) is 2.12. The molecule has 1 aliphatic heterocycles. The Hall–Kier alpha value is -0.960. The molecule has 2 heterocycles. The summed E-state index contributed by atoms with van der Waals surface area (Å²) >= 11 is 0. The molecule has 0 saturated carbocycles. The van der Waals surface area contributed by atoms with E-state index in [1.54, 1.807) is 6.33 Å². The molecule has 0 radical (unpaired) electrons. The van der Waals surface area contributed by atoms with E-state index in [1.807, 2.05) is 6.20 Å². The summed E-state index contributed by atoms with van der Waals surface area (Å²) in [6, 6.07) is 0. The molecule has 0 bridgehead atoms. The monoisotopic (exact) mass is 191 g/mol. The minimum absolute atomic E-state index is 0.647. The smallest absolute Gasteiger partial charge is 0.115 e. The SMILES string of the molecule is Cc1cncnc1C1CCN(C)CC1. The predicted octanol–water partition coefficient (Wildman–Crippen LogP) is 1.59. The molecular weight excluding hydrogens is 174 g/mol. The van der Waals surface area contributed by atoms with Crippen molar-refractivity contribution in [2.24, 2.45) is 0 Å². The Balaban J connectivity index is 2.12. The zero-order valence-electron chi connectivity index (χ0n) is 8.90. The topological polar surface area (TPSA) is 29.0 Å². The molecule has 0 atom stereocenters. The molecule has 14 heavy (non-hydrogen) atoms. The third-order valence-corrected chi connectivity index (χ3v) is 3.04. The first-order valence-corrected chi connectivity index (χ1v) is 5.22. The highest BCUT2D eigenvalue weighted by Crippen LogP contribution is 2.27. The molecule has 3 heteroatoms. The Bertz CT molecular complexity index is 303. The maximum Gasteiger partial charge on any atom is 0.115 e. The van der Waals surface area contributed by atoms with E-state index < -0.39 is 0 Å². The number of aryl methyl sites for hydroxylation is 1. The number of likely N-dealkylation sites (tertiary alicyclic amines) is 1. The van der Waals surface area contributed by atoms with E-state index in [-0.39, 0.29) is 0 Å². The minimum atomic E-state index is 0.647. The highest BCUT2D eigenvalue weighted by molar-refractivity contribution is 5.18. The lowest BCUT2D eigenvalue weighted by atomic mass is 9.91. The summed E-state index contributed by atoms with van der Waals surface area (Å²) in [6.45, 7) is 4.48. The Morgan fingerprint density at radius 1 is 1.36 bits per heavy atom. The third-order valence-electron chi connectivity index (χ3n) is 3.04. The maximum atomic E-state index is 4.40. The first-order chi connectivity index (χ1) is 6.77. The van der Waals surface area contributed by atoms with Gasteiger partial charge in [0, 0.05) is 17.8 Å². The fourth-order valence-electron chi connectivity index (χ4n) is 2.12. The quantitative estimate of drug-likeness (QED) is 0.675. The van der Waals surface area contributed by atoms with Gasteiger partial charge in [0.2, 0.25) is 0 Å². The summed E-state index contributed by atoms with van der Waals surface area (Å²) in [5.74, 6) is 0.647. The van der Waals surface area contributed by atoms with Crippen molar-refractivity contribution in [3.63, 3.8) is 0 Å². The second-order valence-corrected chi connectivity index (χ2v) is 4.17. The van der Waals surface area contributed by atoms with Crippen LogP contribution in [0, 0.1) is 6.92 Å². The van der Waals surface area contributed by atoms with Crippen LogP contribution in [0.3, 0.4) is 0 Å². The van der Waals surface area contributed by atoms with Gasteiger partial charge < -0.3 is 4.90 Å². The van der Waals surface area contributed by atoms with Crippen LogP contribution in [0.5, 0.6) is 0 Å². The van der Waals surface area contributed by atoms with Crippen LogP contribution in [-0.2, 0) is 0 Å². The zero-order valence-corrected chi connectivity index (χ0v) is 8.90. The molecule has 0 aromatic carbocycles. The van der Waals surface area contributed by atoms with Gasteiger partial charge in [-0.25, -0.2) is 9.97 Å². The van der Waals surface area contributed by atoms with Gasteiger partial charge in [0.15, 0.2) is 0 Å². The highest BCUT2D eigenvalue weighted by Gasteiger charge is 2.20. The van der Waals surface area contributed by atoms with Crippen LogP contribution in [0.15, 0.2) is 12.5 Å². The standard InChI is InChI=1S/C11H17N3/c1-9-7-12-8-13-11(9)10-3-5-14(2)6-4-10/h7-8,10H,3-6H2,1-2H3. The second-order valence-electron chi connectivity index (χ2n) is 4.17. The van der Waals surface area contributed by atoms with E-state index in [1.165, 1.54) is 37.2 Å². The predicted molar refractivity (Wildman–Crippen MR) is 56.2 cm³/mol. The molecule has 0 unspecified atom stereocenters. The van der Waals surface area contributed by atoms with E-state index in [4.69, 9.17) is 0 Å². The Labute approximate surface area is 85.2 Å². The summed E-state index contributed by atoms with van der Waals surface area (Å²) in [4.78, 5) is 10.8. The van der Waals surface area contributed by atoms with Gasteiger partial charge in [-0.15, -0.1) is 0 Å². The number of rotatable bonds is 1. The van der Waals surface area contributed by atoms with Crippen LogP contribution in [0.2, 0.25) is 0 Å². The molecule has 0 amide bonds. The van der Waals surface area contributed by atoms with Gasteiger partial charge in [0.25, 0.3) is 0 Å². The maximum absolute atomic E-state index is 4.40. The molecule has 1 fully saturated rings. The molecule has 76 valence electrons. The van der Waals surface area contributed by atoms with Crippen LogP contribution in [0.4, 0.5) is 0 Å². The average molecular weight is 191 g/mol. The molecule has 0 aliphatic carbocycles. The van der Waals surface area contributed by atoms with Crippen LogP contribution in [0.25, 0.3) is 0 Å². The van der Waals surface area contributed by atoms with Crippen molar-refractivity contribution in [1.82, 2.24) is 14.9 Å².